The van der Waals surface area contributed by atoms with Gasteiger partial charge in [0.15, 0.2) is 5.78 Å². The van der Waals surface area contributed by atoms with Crippen molar-refractivity contribution in [3.8, 4) is 11.4 Å². The maximum atomic E-state index is 12.5. The molecule has 0 radical (unpaired) electrons. The van der Waals surface area contributed by atoms with Crippen molar-refractivity contribution in [1.82, 2.24) is 15.0 Å². The van der Waals surface area contributed by atoms with E-state index in [0.29, 0.717) is 32.9 Å². The molecule has 0 amide bonds. The fourth-order valence-electron chi connectivity index (χ4n) is 2.59. The summed E-state index contributed by atoms with van der Waals surface area (Å²) in [6.07, 6.45) is 0. The minimum absolute atomic E-state index is 0.0758. The van der Waals surface area contributed by atoms with Crippen LogP contribution in [0, 0.1) is 0 Å². The zero-order chi connectivity index (χ0) is 17.4. The average molecular weight is 350 g/mol. The summed E-state index contributed by atoms with van der Waals surface area (Å²) in [6, 6.07) is 18.8. The predicted molar refractivity (Wildman–Crippen MR) is 95.4 cm³/mol. The Balaban J connectivity index is 1.73. The van der Waals surface area contributed by atoms with Crippen LogP contribution in [0.5, 0.6) is 5.75 Å². The molecule has 0 aliphatic rings. The molecule has 0 fully saturated rings. The smallest absolute Gasteiger partial charge is 0.193 e. The van der Waals surface area contributed by atoms with Gasteiger partial charge in [-0.15, -0.1) is 15.0 Å². The normalized spacial score (nSPS) is 10.9. The lowest BCUT2D eigenvalue weighted by atomic mass is 10.0. The molecule has 5 nitrogen and oxygen atoms in total. The Labute approximate surface area is 148 Å². The Bertz CT molecular complexity index is 1090. The molecule has 1 N–H and O–H groups in total. The van der Waals surface area contributed by atoms with Crippen LogP contribution in [0.15, 0.2) is 66.7 Å². The zero-order valence-electron chi connectivity index (χ0n) is 12.9. The van der Waals surface area contributed by atoms with Crippen LogP contribution in [0.1, 0.15) is 15.9 Å². The Kier molecular flexibility index (Phi) is 3.71. The van der Waals surface area contributed by atoms with Gasteiger partial charge in [0, 0.05) is 16.1 Å². The van der Waals surface area contributed by atoms with Gasteiger partial charge >= 0.3 is 0 Å². The first-order valence-corrected chi connectivity index (χ1v) is 7.95. The lowest BCUT2D eigenvalue weighted by Crippen LogP contribution is -2.03. The summed E-state index contributed by atoms with van der Waals surface area (Å²) in [5.74, 6) is -0.235. The molecule has 0 aliphatic heterocycles. The Morgan fingerprint density at radius 1 is 0.880 bits per heavy atom. The third-order valence-corrected chi connectivity index (χ3v) is 4.07. The second kappa shape index (κ2) is 6.03. The number of nitrogens with zero attached hydrogens (tertiary/aromatic N) is 3. The fourth-order valence-corrected chi connectivity index (χ4v) is 2.75. The van der Waals surface area contributed by atoms with Crippen LogP contribution in [0.3, 0.4) is 0 Å². The quantitative estimate of drug-likeness (QED) is 0.567. The standard InChI is InChI=1S/C19H12ClN3O2/c20-14-7-8-15-16(11-14)22-23(21-15)17-9-6-13(10-18(17)24)19(25)12-4-2-1-3-5-12/h1-11,24H. The van der Waals surface area contributed by atoms with Crippen LogP contribution >= 0.6 is 11.6 Å². The molecule has 0 bridgehead atoms. The van der Waals surface area contributed by atoms with E-state index in [0.717, 1.165) is 0 Å². The van der Waals surface area contributed by atoms with Gasteiger partial charge in [0.05, 0.1) is 0 Å². The van der Waals surface area contributed by atoms with Crippen LogP contribution in [-0.2, 0) is 0 Å². The summed E-state index contributed by atoms with van der Waals surface area (Å²) in [7, 11) is 0. The number of aromatic hydroxyl groups is 1. The van der Waals surface area contributed by atoms with E-state index < -0.39 is 0 Å². The predicted octanol–water partition coefficient (Wildman–Crippen LogP) is 4.01. The van der Waals surface area contributed by atoms with E-state index in [9.17, 15) is 9.90 Å². The summed E-state index contributed by atoms with van der Waals surface area (Å²) in [5, 5.41) is 19.5. The number of fused-ring (bicyclic) bond motifs is 1. The van der Waals surface area contributed by atoms with Gasteiger partial charge in [-0.1, -0.05) is 41.9 Å². The number of ketones is 1. The molecule has 25 heavy (non-hydrogen) atoms. The summed E-state index contributed by atoms with van der Waals surface area (Å²) in [5.41, 5.74) is 2.63. The number of phenols is 1. The van der Waals surface area contributed by atoms with E-state index >= 15 is 0 Å². The maximum Gasteiger partial charge on any atom is 0.193 e. The highest BCUT2D eigenvalue weighted by Crippen LogP contribution is 2.25. The van der Waals surface area contributed by atoms with E-state index in [-0.39, 0.29) is 11.5 Å². The summed E-state index contributed by atoms with van der Waals surface area (Å²) in [4.78, 5) is 13.8. The van der Waals surface area contributed by atoms with Crippen molar-refractivity contribution in [1.29, 1.82) is 0 Å². The molecule has 0 saturated carbocycles. The van der Waals surface area contributed by atoms with Crippen LogP contribution in [0.2, 0.25) is 5.02 Å². The van der Waals surface area contributed by atoms with Crippen molar-refractivity contribution >= 4 is 28.4 Å². The number of benzene rings is 3. The number of rotatable bonds is 3. The first-order valence-electron chi connectivity index (χ1n) is 7.57. The van der Waals surface area contributed by atoms with Crippen molar-refractivity contribution in [2.24, 2.45) is 0 Å². The Hall–Kier alpha value is -3.18. The zero-order valence-corrected chi connectivity index (χ0v) is 13.7. The van der Waals surface area contributed by atoms with E-state index in [1.807, 2.05) is 6.07 Å². The highest BCUT2D eigenvalue weighted by atomic mass is 35.5. The Morgan fingerprint density at radius 3 is 2.40 bits per heavy atom. The second-order valence-electron chi connectivity index (χ2n) is 5.52. The van der Waals surface area contributed by atoms with Crippen molar-refractivity contribution in [3.63, 3.8) is 0 Å². The maximum absolute atomic E-state index is 12.5. The van der Waals surface area contributed by atoms with Crippen molar-refractivity contribution in [3.05, 3.63) is 82.9 Å². The molecule has 0 saturated heterocycles. The molecule has 1 heterocycles. The van der Waals surface area contributed by atoms with Gasteiger partial charge in [-0.25, -0.2) is 0 Å². The third-order valence-electron chi connectivity index (χ3n) is 3.83. The Morgan fingerprint density at radius 2 is 1.64 bits per heavy atom. The molecule has 0 atom stereocenters. The number of carbonyl (C=O) groups excluding carboxylic acids is 1. The molecule has 4 aromatic rings. The lowest BCUT2D eigenvalue weighted by Gasteiger charge is -2.06. The minimum Gasteiger partial charge on any atom is -0.506 e. The minimum atomic E-state index is -0.159. The fraction of sp³-hybridized carbons (Fsp3) is 0. The van der Waals surface area contributed by atoms with Crippen LogP contribution in [0.4, 0.5) is 0 Å². The van der Waals surface area contributed by atoms with Crippen LogP contribution in [0.25, 0.3) is 16.7 Å². The largest absolute Gasteiger partial charge is 0.506 e. The summed E-state index contributed by atoms with van der Waals surface area (Å²) < 4.78 is 0. The van der Waals surface area contributed by atoms with Gasteiger partial charge in [0.1, 0.15) is 22.5 Å². The van der Waals surface area contributed by atoms with E-state index in [2.05, 4.69) is 10.2 Å². The van der Waals surface area contributed by atoms with Crippen molar-refractivity contribution < 1.29 is 9.90 Å². The molecule has 0 spiro atoms. The van der Waals surface area contributed by atoms with Gasteiger partial charge in [-0.05, 0) is 36.4 Å². The highest BCUT2D eigenvalue weighted by molar-refractivity contribution is 6.31. The van der Waals surface area contributed by atoms with Crippen molar-refractivity contribution in [2.45, 2.75) is 0 Å². The molecule has 0 aliphatic carbocycles. The van der Waals surface area contributed by atoms with Gasteiger partial charge < -0.3 is 5.11 Å². The van der Waals surface area contributed by atoms with Gasteiger partial charge in [-0.3, -0.25) is 4.79 Å². The van der Waals surface area contributed by atoms with Crippen LogP contribution < -0.4 is 0 Å². The van der Waals surface area contributed by atoms with E-state index in [4.69, 9.17) is 11.6 Å². The average Bonchev–Trinajstić information content (AvgIpc) is 3.04. The first-order chi connectivity index (χ1) is 12.1. The summed E-state index contributed by atoms with van der Waals surface area (Å²) in [6.45, 7) is 0. The number of halogens is 1. The van der Waals surface area contributed by atoms with E-state index in [1.54, 1.807) is 54.6 Å². The molecular formula is C19H12ClN3O2. The molecular weight excluding hydrogens is 338 g/mol. The molecule has 122 valence electrons. The highest BCUT2D eigenvalue weighted by Gasteiger charge is 2.14. The third kappa shape index (κ3) is 2.86. The molecule has 6 heteroatoms. The first kappa shape index (κ1) is 15.4. The topological polar surface area (TPSA) is 68.0 Å². The van der Waals surface area contributed by atoms with Gasteiger partial charge in [0.2, 0.25) is 0 Å². The number of aromatic nitrogens is 3. The lowest BCUT2D eigenvalue weighted by molar-refractivity contribution is 0.103. The van der Waals surface area contributed by atoms with Crippen molar-refractivity contribution in [2.75, 3.05) is 0 Å². The number of hydrogen-bond donors (Lipinski definition) is 1. The number of hydrogen-bond acceptors (Lipinski definition) is 4. The van der Waals surface area contributed by atoms with E-state index in [1.165, 1.54) is 10.9 Å². The molecule has 0 unspecified atom stereocenters. The van der Waals surface area contributed by atoms with Gasteiger partial charge in [0.25, 0.3) is 0 Å². The second-order valence-corrected chi connectivity index (χ2v) is 5.96. The van der Waals surface area contributed by atoms with Crippen LogP contribution in [-0.4, -0.2) is 25.9 Å². The number of carbonyl (C=O) groups is 1. The molecule has 1 aromatic heterocycles. The molecule has 4 rings (SSSR count). The van der Waals surface area contributed by atoms with Gasteiger partial charge in [-0.2, -0.15) is 0 Å². The molecule has 3 aromatic carbocycles. The summed E-state index contributed by atoms with van der Waals surface area (Å²) >= 11 is 5.96. The number of phenolic OH excluding ortho intramolecular Hbond substituents is 1. The monoisotopic (exact) mass is 349 g/mol. The SMILES string of the molecule is O=C(c1ccccc1)c1ccc(-n2nc3ccc(Cl)cc3n2)c(O)c1.